The van der Waals surface area contributed by atoms with Crippen LogP contribution < -0.4 is 5.32 Å². The molecule has 1 saturated heterocycles. The molecule has 3 rings (SSSR count). The number of aromatic nitrogens is 2. The highest BCUT2D eigenvalue weighted by molar-refractivity contribution is 5.20. The molecule has 1 aromatic heterocycles. The minimum absolute atomic E-state index is 0.818. The summed E-state index contributed by atoms with van der Waals surface area (Å²) in [5.41, 5.74) is 2.83. The second-order valence-electron chi connectivity index (χ2n) is 6.26. The Morgan fingerprint density at radius 1 is 1.35 bits per heavy atom. The van der Waals surface area contributed by atoms with E-state index in [4.69, 9.17) is 4.98 Å². The lowest BCUT2D eigenvalue weighted by Gasteiger charge is -2.19. The molecule has 1 atom stereocenters. The summed E-state index contributed by atoms with van der Waals surface area (Å²) in [7, 11) is 0. The van der Waals surface area contributed by atoms with Crippen molar-refractivity contribution in [1.29, 1.82) is 0 Å². The molecular formula is C16H28N4. The molecule has 4 heteroatoms. The van der Waals surface area contributed by atoms with Gasteiger partial charge in [-0.1, -0.05) is 13.8 Å². The molecule has 0 spiro atoms. The average Bonchev–Trinajstić information content (AvgIpc) is 3.05. The number of nitrogens with one attached hydrogen (secondary N) is 1. The van der Waals surface area contributed by atoms with Gasteiger partial charge in [-0.3, -0.25) is 0 Å². The fourth-order valence-electron chi connectivity index (χ4n) is 3.66. The largest absolute Gasteiger partial charge is 0.331 e. The van der Waals surface area contributed by atoms with Crippen LogP contribution >= 0.6 is 0 Å². The average molecular weight is 276 g/mol. The van der Waals surface area contributed by atoms with Crippen LogP contribution in [-0.4, -0.2) is 40.6 Å². The van der Waals surface area contributed by atoms with E-state index in [1.807, 2.05) is 0 Å². The maximum atomic E-state index is 4.91. The van der Waals surface area contributed by atoms with Crippen LogP contribution in [0.4, 0.5) is 0 Å². The molecular weight excluding hydrogens is 248 g/mol. The maximum Gasteiger partial charge on any atom is 0.109 e. The number of likely N-dealkylation sites (tertiary alicyclic amines) is 1. The minimum Gasteiger partial charge on any atom is -0.331 e. The Bertz CT molecular complexity index is 452. The Hall–Kier alpha value is -0.870. The van der Waals surface area contributed by atoms with Gasteiger partial charge in [0.1, 0.15) is 5.82 Å². The second kappa shape index (κ2) is 6.27. The summed E-state index contributed by atoms with van der Waals surface area (Å²) in [5, 5.41) is 3.45. The third-order valence-electron chi connectivity index (χ3n) is 4.80. The maximum absolute atomic E-state index is 4.91. The second-order valence-corrected chi connectivity index (χ2v) is 6.26. The molecule has 4 nitrogen and oxygen atoms in total. The van der Waals surface area contributed by atoms with Crippen LogP contribution in [0.2, 0.25) is 0 Å². The number of aryl methyl sites for hydroxylation is 1. The van der Waals surface area contributed by atoms with Gasteiger partial charge in [0.2, 0.25) is 0 Å². The van der Waals surface area contributed by atoms with E-state index in [-0.39, 0.29) is 0 Å². The summed E-state index contributed by atoms with van der Waals surface area (Å²) in [6, 6.07) is 0. The zero-order valence-electron chi connectivity index (χ0n) is 13.0. The van der Waals surface area contributed by atoms with Gasteiger partial charge in [0, 0.05) is 44.7 Å². The summed E-state index contributed by atoms with van der Waals surface area (Å²) >= 11 is 0. The van der Waals surface area contributed by atoms with Gasteiger partial charge in [-0.2, -0.15) is 0 Å². The lowest BCUT2D eigenvalue weighted by atomic mass is 10.1. The van der Waals surface area contributed by atoms with E-state index in [0.29, 0.717) is 0 Å². The van der Waals surface area contributed by atoms with Gasteiger partial charge < -0.3 is 14.8 Å². The Morgan fingerprint density at radius 2 is 2.25 bits per heavy atom. The van der Waals surface area contributed by atoms with Crippen molar-refractivity contribution in [3.05, 3.63) is 17.2 Å². The van der Waals surface area contributed by atoms with E-state index < -0.39 is 0 Å². The molecule has 3 heterocycles. The van der Waals surface area contributed by atoms with Crippen molar-refractivity contribution in [1.82, 2.24) is 19.8 Å². The zero-order chi connectivity index (χ0) is 13.9. The summed E-state index contributed by atoms with van der Waals surface area (Å²) in [5.74, 6) is 2.15. The normalized spacial score (nSPS) is 23.2. The van der Waals surface area contributed by atoms with Crippen LogP contribution in [0.15, 0.2) is 0 Å². The third-order valence-corrected chi connectivity index (χ3v) is 4.80. The van der Waals surface area contributed by atoms with Crippen LogP contribution in [0, 0.1) is 5.92 Å². The van der Waals surface area contributed by atoms with Crippen LogP contribution in [0.25, 0.3) is 0 Å². The zero-order valence-corrected chi connectivity index (χ0v) is 13.0. The van der Waals surface area contributed by atoms with E-state index in [0.717, 1.165) is 31.8 Å². The Labute approximate surface area is 122 Å². The molecule has 1 fully saturated rings. The number of hydrogen-bond donors (Lipinski definition) is 1. The predicted octanol–water partition coefficient (Wildman–Crippen LogP) is 1.82. The first-order valence-electron chi connectivity index (χ1n) is 8.32. The standard InChI is InChI=1S/C16H28N4/c1-3-5-16-18-14-10-17-8-6-15(14)20(16)12-13-7-9-19(4-2)11-13/h13,17H,3-12H2,1-2H3. The van der Waals surface area contributed by atoms with Gasteiger partial charge in [0.25, 0.3) is 0 Å². The molecule has 0 amide bonds. The van der Waals surface area contributed by atoms with Crippen LogP contribution in [0.3, 0.4) is 0 Å². The van der Waals surface area contributed by atoms with E-state index in [2.05, 4.69) is 28.6 Å². The van der Waals surface area contributed by atoms with E-state index in [1.165, 1.54) is 56.2 Å². The Balaban J connectivity index is 1.78. The Kier molecular flexibility index (Phi) is 4.41. The van der Waals surface area contributed by atoms with Gasteiger partial charge in [-0.15, -0.1) is 0 Å². The molecule has 20 heavy (non-hydrogen) atoms. The summed E-state index contributed by atoms with van der Waals surface area (Å²) in [4.78, 5) is 7.49. The highest BCUT2D eigenvalue weighted by atomic mass is 15.2. The molecule has 0 aliphatic carbocycles. The van der Waals surface area contributed by atoms with Crippen molar-refractivity contribution in [2.75, 3.05) is 26.2 Å². The van der Waals surface area contributed by atoms with Crippen molar-refractivity contribution in [3.63, 3.8) is 0 Å². The topological polar surface area (TPSA) is 33.1 Å². The molecule has 0 aromatic carbocycles. The van der Waals surface area contributed by atoms with Gasteiger partial charge >= 0.3 is 0 Å². The summed E-state index contributed by atoms with van der Waals surface area (Å²) in [6.07, 6.45) is 4.81. The first kappa shape index (κ1) is 14.1. The van der Waals surface area contributed by atoms with Crippen molar-refractivity contribution in [2.45, 2.75) is 52.6 Å². The monoisotopic (exact) mass is 276 g/mol. The first-order valence-corrected chi connectivity index (χ1v) is 8.32. The lowest BCUT2D eigenvalue weighted by Crippen LogP contribution is -2.26. The highest BCUT2D eigenvalue weighted by Crippen LogP contribution is 2.23. The number of imidazole rings is 1. The first-order chi connectivity index (χ1) is 9.81. The third kappa shape index (κ3) is 2.77. The smallest absolute Gasteiger partial charge is 0.109 e. The predicted molar refractivity (Wildman–Crippen MR) is 81.9 cm³/mol. The molecule has 0 bridgehead atoms. The van der Waals surface area contributed by atoms with Crippen molar-refractivity contribution in [3.8, 4) is 0 Å². The van der Waals surface area contributed by atoms with Gasteiger partial charge in [-0.25, -0.2) is 4.98 Å². The quantitative estimate of drug-likeness (QED) is 0.890. The van der Waals surface area contributed by atoms with E-state index >= 15 is 0 Å². The van der Waals surface area contributed by atoms with Crippen molar-refractivity contribution >= 4 is 0 Å². The summed E-state index contributed by atoms with van der Waals surface area (Å²) in [6.45, 7) is 11.5. The molecule has 2 aliphatic heterocycles. The van der Waals surface area contributed by atoms with Crippen LogP contribution in [0.5, 0.6) is 0 Å². The molecule has 2 aliphatic rings. The van der Waals surface area contributed by atoms with Crippen LogP contribution in [0.1, 0.15) is 43.9 Å². The molecule has 1 aromatic rings. The highest BCUT2D eigenvalue weighted by Gasteiger charge is 2.25. The lowest BCUT2D eigenvalue weighted by molar-refractivity contribution is 0.330. The van der Waals surface area contributed by atoms with E-state index in [1.54, 1.807) is 0 Å². The van der Waals surface area contributed by atoms with Crippen LogP contribution in [-0.2, 0) is 25.9 Å². The number of hydrogen-bond acceptors (Lipinski definition) is 3. The number of nitrogens with zero attached hydrogens (tertiary/aromatic N) is 3. The molecule has 112 valence electrons. The fraction of sp³-hybridized carbons (Fsp3) is 0.812. The van der Waals surface area contributed by atoms with E-state index in [9.17, 15) is 0 Å². The SMILES string of the molecule is CCCc1nc2c(n1CC1CCN(CC)C1)CCNC2. The molecule has 0 radical (unpaired) electrons. The minimum atomic E-state index is 0.818. The molecule has 1 N–H and O–H groups in total. The van der Waals surface area contributed by atoms with Gasteiger partial charge in [-0.05, 0) is 31.8 Å². The number of rotatable bonds is 5. The van der Waals surface area contributed by atoms with Crippen molar-refractivity contribution < 1.29 is 0 Å². The fourth-order valence-corrected chi connectivity index (χ4v) is 3.66. The van der Waals surface area contributed by atoms with Gasteiger partial charge in [0.15, 0.2) is 0 Å². The summed E-state index contributed by atoms with van der Waals surface area (Å²) < 4.78 is 2.57. The molecule has 0 saturated carbocycles. The number of fused-ring (bicyclic) bond motifs is 1. The molecule has 1 unspecified atom stereocenters. The Morgan fingerprint density at radius 3 is 3.00 bits per heavy atom. The van der Waals surface area contributed by atoms with Gasteiger partial charge in [0.05, 0.1) is 5.69 Å². The van der Waals surface area contributed by atoms with Crippen molar-refractivity contribution in [2.24, 2.45) is 5.92 Å².